The van der Waals surface area contributed by atoms with Gasteiger partial charge in [-0.05, 0) is 51.8 Å². The van der Waals surface area contributed by atoms with E-state index in [2.05, 4.69) is 5.32 Å². The van der Waals surface area contributed by atoms with Gasteiger partial charge in [0.1, 0.15) is 12.6 Å². The lowest BCUT2D eigenvalue weighted by atomic mass is 10.1. The number of anilines is 1. The molecule has 0 fully saturated rings. The lowest BCUT2D eigenvalue weighted by Gasteiger charge is -2.32. The van der Waals surface area contributed by atoms with E-state index in [9.17, 15) is 22.8 Å². The molecule has 0 spiro atoms. The molecule has 0 heterocycles. The van der Waals surface area contributed by atoms with Crippen molar-refractivity contribution in [1.29, 1.82) is 0 Å². The molecular weight excluding hydrogens is 466 g/mol. The summed E-state index contributed by atoms with van der Waals surface area (Å²) in [7, 11) is -3.86. The molecule has 0 unspecified atom stereocenters. The molecule has 0 bridgehead atoms. The molecule has 2 atom stereocenters. The molecule has 0 saturated heterocycles. The highest BCUT2D eigenvalue weighted by Gasteiger charge is 2.30. The molecule has 2 amide bonds. The van der Waals surface area contributed by atoms with Gasteiger partial charge < -0.3 is 10.2 Å². The van der Waals surface area contributed by atoms with Crippen molar-refractivity contribution < 1.29 is 22.8 Å². The minimum Gasteiger partial charge on any atom is -0.352 e. The summed E-state index contributed by atoms with van der Waals surface area (Å²) in [5.74, 6) is -1.07. The third-order valence-electron chi connectivity index (χ3n) is 5.86. The van der Waals surface area contributed by atoms with E-state index >= 15 is 0 Å². The first-order chi connectivity index (χ1) is 16.3. The normalized spacial score (nSPS) is 13.0. The van der Waals surface area contributed by atoms with Crippen molar-refractivity contribution >= 4 is 33.3 Å². The first kappa shape index (κ1) is 28.0. The molecule has 0 aliphatic carbocycles. The fourth-order valence-corrected chi connectivity index (χ4v) is 4.27. The van der Waals surface area contributed by atoms with E-state index < -0.39 is 28.5 Å². The van der Waals surface area contributed by atoms with E-state index in [0.717, 1.165) is 28.1 Å². The fraction of sp³-hybridized carbons (Fsp3) is 0.423. The molecule has 0 aliphatic heterocycles. The minimum absolute atomic E-state index is 0.0666. The van der Waals surface area contributed by atoms with Gasteiger partial charge in [0.25, 0.3) is 0 Å². The minimum atomic E-state index is -3.86. The molecule has 1 N–H and O–H groups in total. The topological polar surface area (TPSA) is 104 Å². The van der Waals surface area contributed by atoms with Gasteiger partial charge in [0.15, 0.2) is 5.78 Å². The Kier molecular flexibility index (Phi) is 9.59. The first-order valence-electron chi connectivity index (χ1n) is 11.6. The Labute approximate surface area is 208 Å². The summed E-state index contributed by atoms with van der Waals surface area (Å²) < 4.78 is 26.3. The van der Waals surface area contributed by atoms with E-state index in [4.69, 9.17) is 0 Å². The summed E-state index contributed by atoms with van der Waals surface area (Å²) in [4.78, 5) is 39.6. The van der Waals surface area contributed by atoms with Gasteiger partial charge in [-0.3, -0.25) is 18.7 Å². The fourth-order valence-electron chi connectivity index (χ4n) is 3.43. The van der Waals surface area contributed by atoms with Gasteiger partial charge in [-0.1, -0.05) is 48.9 Å². The molecule has 9 heteroatoms. The Morgan fingerprint density at radius 2 is 1.66 bits per heavy atom. The van der Waals surface area contributed by atoms with Gasteiger partial charge in [0, 0.05) is 18.2 Å². The van der Waals surface area contributed by atoms with Crippen LogP contribution in [0.25, 0.3) is 0 Å². The number of carbonyl (C=O) groups is 3. The molecule has 0 saturated carbocycles. The summed E-state index contributed by atoms with van der Waals surface area (Å²) in [6.45, 7) is 8.43. The van der Waals surface area contributed by atoms with Crippen LogP contribution in [0, 0.1) is 6.92 Å². The zero-order chi connectivity index (χ0) is 26.3. The number of amides is 2. The number of sulfonamides is 1. The van der Waals surface area contributed by atoms with E-state index in [-0.39, 0.29) is 30.0 Å². The SMILES string of the molecule is CC[C@@H](C)NC(=O)[C@H](C)N(Cc1ccc(C)cc1)C(=O)CN(c1cccc(C(C)=O)c1)S(C)(=O)=O. The van der Waals surface area contributed by atoms with Crippen LogP contribution in [0.1, 0.15) is 55.6 Å². The molecule has 2 aromatic carbocycles. The summed E-state index contributed by atoms with van der Waals surface area (Å²) in [5, 5.41) is 2.89. The summed E-state index contributed by atoms with van der Waals surface area (Å²) in [6, 6.07) is 12.8. The van der Waals surface area contributed by atoms with Crippen LogP contribution in [-0.2, 0) is 26.2 Å². The smallest absolute Gasteiger partial charge is 0.244 e. The molecular formula is C26H35N3O5S. The quantitative estimate of drug-likeness (QED) is 0.476. The van der Waals surface area contributed by atoms with Gasteiger partial charge in [0.2, 0.25) is 21.8 Å². The van der Waals surface area contributed by atoms with Crippen molar-refractivity contribution in [2.24, 2.45) is 0 Å². The molecule has 8 nitrogen and oxygen atoms in total. The van der Waals surface area contributed by atoms with Gasteiger partial charge in [-0.25, -0.2) is 8.42 Å². The number of aryl methyl sites for hydroxylation is 1. The number of hydrogen-bond donors (Lipinski definition) is 1. The predicted octanol–water partition coefficient (Wildman–Crippen LogP) is 3.30. The van der Waals surface area contributed by atoms with Gasteiger partial charge in [-0.15, -0.1) is 0 Å². The third-order valence-corrected chi connectivity index (χ3v) is 7.00. The Morgan fingerprint density at radius 1 is 1.03 bits per heavy atom. The second kappa shape index (κ2) is 12.0. The number of Topliss-reactive ketones (excluding diaryl/α,β-unsaturated/α-hetero) is 1. The van der Waals surface area contributed by atoms with Crippen molar-refractivity contribution in [1.82, 2.24) is 10.2 Å². The van der Waals surface area contributed by atoms with Gasteiger partial charge >= 0.3 is 0 Å². The first-order valence-corrected chi connectivity index (χ1v) is 13.4. The number of nitrogens with zero attached hydrogens (tertiary/aromatic N) is 2. The van der Waals surface area contributed by atoms with Gasteiger partial charge in [0.05, 0.1) is 11.9 Å². The number of carbonyl (C=O) groups excluding carboxylic acids is 3. The highest BCUT2D eigenvalue weighted by Crippen LogP contribution is 2.21. The average Bonchev–Trinajstić information content (AvgIpc) is 2.80. The van der Waals surface area contributed by atoms with Crippen molar-refractivity contribution in [3.8, 4) is 0 Å². The third kappa shape index (κ3) is 7.92. The molecule has 0 radical (unpaired) electrons. The van der Waals surface area contributed by atoms with Crippen LogP contribution < -0.4 is 9.62 Å². The average molecular weight is 502 g/mol. The lowest BCUT2D eigenvalue weighted by Crippen LogP contribution is -2.52. The monoisotopic (exact) mass is 501 g/mol. The van der Waals surface area contributed by atoms with Crippen LogP contribution in [0.2, 0.25) is 0 Å². The molecule has 35 heavy (non-hydrogen) atoms. The predicted molar refractivity (Wildman–Crippen MR) is 138 cm³/mol. The Balaban J connectivity index is 2.41. The maximum atomic E-state index is 13.5. The zero-order valence-corrected chi connectivity index (χ0v) is 22.1. The number of rotatable bonds is 11. The summed E-state index contributed by atoms with van der Waals surface area (Å²) >= 11 is 0. The van der Waals surface area contributed by atoms with Crippen LogP contribution in [-0.4, -0.2) is 55.8 Å². The highest BCUT2D eigenvalue weighted by molar-refractivity contribution is 7.92. The van der Waals surface area contributed by atoms with Crippen molar-refractivity contribution in [3.05, 3.63) is 65.2 Å². The van der Waals surface area contributed by atoms with Crippen molar-refractivity contribution in [2.45, 2.75) is 59.7 Å². The van der Waals surface area contributed by atoms with Crippen LogP contribution in [0.4, 0.5) is 5.69 Å². The second-order valence-electron chi connectivity index (χ2n) is 8.88. The highest BCUT2D eigenvalue weighted by atomic mass is 32.2. The second-order valence-corrected chi connectivity index (χ2v) is 10.8. The number of ketones is 1. The Hall–Kier alpha value is -3.20. The number of hydrogen-bond acceptors (Lipinski definition) is 5. The summed E-state index contributed by atoms with van der Waals surface area (Å²) in [5.41, 5.74) is 2.42. The maximum Gasteiger partial charge on any atom is 0.244 e. The van der Waals surface area contributed by atoms with Gasteiger partial charge in [-0.2, -0.15) is 0 Å². The summed E-state index contributed by atoms with van der Waals surface area (Å²) in [6.07, 6.45) is 1.74. The molecule has 190 valence electrons. The largest absolute Gasteiger partial charge is 0.352 e. The number of nitrogens with one attached hydrogen (secondary N) is 1. The molecule has 2 rings (SSSR count). The van der Waals surface area contributed by atoms with E-state index in [1.165, 1.54) is 24.0 Å². The van der Waals surface area contributed by atoms with E-state index in [0.29, 0.717) is 5.56 Å². The Morgan fingerprint density at radius 3 is 2.20 bits per heavy atom. The zero-order valence-electron chi connectivity index (χ0n) is 21.2. The van der Waals surface area contributed by atoms with Crippen molar-refractivity contribution in [3.63, 3.8) is 0 Å². The molecule has 2 aromatic rings. The van der Waals surface area contributed by atoms with Crippen molar-refractivity contribution in [2.75, 3.05) is 17.1 Å². The molecule has 0 aromatic heterocycles. The Bertz CT molecular complexity index is 1160. The van der Waals surface area contributed by atoms with Crippen LogP contribution in [0.15, 0.2) is 48.5 Å². The van der Waals surface area contributed by atoms with E-state index in [1.807, 2.05) is 45.0 Å². The standard InChI is InChI=1S/C26H35N3O5S/c1-7-19(3)27-26(32)20(4)28(16-22-13-11-18(2)12-14-22)25(31)17-29(35(6,33)34)24-10-8-9-23(15-24)21(5)30/h8-15,19-20H,7,16-17H2,1-6H3,(H,27,32)/t19-,20+/m1/s1. The van der Waals surface area contributed by atoms with E-state index in [1.54, 1.807) is 19.1 Å². The van der Waals surface area contributed by atoms with Crippen LogP contribution >= 0.6 is 0 Å². The number of benzene rings is 2. The maximum absolute atomic E-state index is 13.5. The molecule has 0 aliphatic rings. The van der Waals surface area contributed by atoms with Crippen LogP contribution in [0.3, 0.4) is 0 Å². The lowest BCUT2D eigenvalue weighted by molar-refractivity contribution is -0.139. The van der Waals surface area contributed by atoms with Crippen LogP contribution in [0.5, 0.6) is 0 Å².